The van der Waals surface area contributed by atoms with Gasteiger partial charge < -0.3 is 15.5 Å². The number of carboxylic acids is 2. The van der Waals surface area contributed by atoms with Crippen molar-refractivity contribution in [2.45, 2.75) is 13.1 Å². The number of hydrogen-bond donors (Lipinski definition) is 3. The Morgan fingerprint density at radius 2 is 1.40 bits per heavy atom. The minimum atomic E-state index is -1.21. The van der Waals surface area contributed by atoms with Gasteiger partial charge in [0, 0.05) is 13.1 Å². The highest BCUT2D eigenvalue weighted by Crippen LogP contribution is 2.21. The van der Waals surface area contributed by atoms with Crippen molar-refractivity contribution >= 4 is 11.9 Å². The number of nitrogens with one attached hydrogen (secondary N) is 1. The van der Waals surface area contributed by atoms with Gasteiger partial charge in [0.05, 0.1) is 11.1 Å². The van der Waals surface area contributed by atoms with E-state index in [2.05, 4.69) is 5.32 Å². The fourth-order valence-electron chi connectivity index (χ4n) is 1.70. The maximum atomic E-state index is 10.8. The summed E-state index contributed by atoms with van der Waals surface area (Å²) in [6.07, 6.45) is 0. The first-order valence-electron chi connectivity index (χ1n) is 4.42. The summed E-state index contributed by atoms with van der Waals surface area (Å²) in [5, 5.41) is 20.8. The van der Waals surface area contributed by atoms with Gasteiger partial charge in [-0.25, -0.2) is 9.59 Å². The maximum absolute atomic E-state index is 10.8. The Kier molecular flexibility index (Phi) is 2.17. The molecular weight excluding hydrogens is 198 g/mol. The van der Waals surface area contributed by atoms with Gasteiger partial charge in [-0.15, -0.1) is 0 Å². The minimum Gasteiger partial charge on any atom is -0.478 e. The predicted molar refractivity (Wildman–Crippen MR) is 50.9 cm³/mol. The average Bonchev–Trinajstić information content (AvgIpc) is 2.61. The van der Waals surface area contributed by atoms with Gasteiger partial charge in [0.25, 0.3) is 0 Å². The average molecular weight is 207 g/mol. The van der Waals surface area contributed by atoms with Crippen LogP contribution in [0.15, 0.2) is 12.1 Å². The number of aromatic carboxylic acids is 2. The van der Waals surface area contributed by atoms with Crippen molar-refractivity contribution in [1.82, 2.24) is 5.32 Å². The second kappa shape index (κ2) is 3.36. The molecule has 1 heterocycles. The molecule has 3 N–H and O–H groups in total. The molecule has 0 atom stereocenters. The van der Waals surface area contributed by atoms with Gasteiger partial charge in [-0.2, -0.15) is 0 Å². The summed E-state index contributed by atoms with van der Waals surface area (Å²) in [4.78, 5) is 21.7. The number of carbonyl (C=O) groups is 2. The van der Waals surface area contributed by atoms with Gasteiger partial charge in [-0.3, -0.25) is 0 Å². The van der Waals surface area contributed by atoms with Crippen LogP contribution >= 0.6 is 0 Å². The summed E-state index contributed by atoms with van der Waals surface area (Å²) in [6.45, 7) is 1.19. The molecule has 0 spiro atoms. The second-order valence-corrected chi connectivity index (χ2v) is 3.38. The Labute approximate surface area is 85.3 Å². The standard InChI is InChI=1S/C10H9NO4/c12-9(13)7-1-5-3-11-4-6(5)2-8(7)10(14)15/h1-2,11H,3-4H2,(H,12,13)(H,14,15). The van der Waals surface area contributed by atoms with Crippen molar-refractivity contribution in [3.63, 3.8) is 0 Å². The quantitative estimate of drug-likeness (QED) is 0.664. The normalized spacial score (nSPS) is 13.6. The molecule has 0 radical (unpaired) electrons. The van der Waals surface area contributed by atoms with Gasteiger partial charge in [0.15, 0.2) is 0 Å². The first-order chi connectivity index (χ1) is 7.09. The van der Waals surface area contributed by atoms with Gasteiger partial charge in [-0.05, 0) is 23.3 Å². The lowest BCUT2D eigenvalue weighted by atomic mass is 10.00. The van der Waals surface area contributed by atoms with Crippen LogP contribution in [0, 0.1) is 0 Å². The molecule has 15 heavy (non-hydrogen) atoms. The van der Waals surface area contributed by atoms with Crippen molar-refractivity contribution in [2.75, 3.05) is 0 Å². The largest absolute Gasteiger partial charge is 0.478 e. The summed E-state index contributed by atoms with van der Waals surface area (Å²) in [5.74, 6) is -2.41. The Bertz CT molecular complexity index is 412. The molecule has 5 nitrogen and oxygen atoms in total. The van der Waals surface area contributed by atoms with E-state index in [9.17, 15) is 9.59 Å². The van der Waals surface area contributed by atoms with Crippen LogP contribution in [0.5, 0.6) is 0 Å². The van der Waals surface area contributed by atoms with Crippen molar-refractivity contribution in [3.05, 3.63) is 34.4 Å². The van der Waals surface area contributed by atoms with E-state index in [1.165, 1.54) is 12.1 Å². The van der Waals surface area contributed by atoms with Crippen molar-refractivity contribution in [1.29, 1.82) is 0 Å². The van der Waals surface area contributed by atoms with Crippen molar-refractivity contribution in [3.8, 4) is 0 Å². The Balaban J connectivity index is 2.62. The van der Waals surface area contributed by atoms with Crippen LogP contribution in [0.1, 0.15) is 31.8 Å². The lowest BCUT2D eigenvalue weighted by Crippen LogP contribution is -2.09. The van der Waals surface area contributed by atoms with E-state index in [4.69, 9.17) is 10.2 Å². The molecule has 0 bridgehead atoms. The topological polar surface area (TPSA) is 86.6 Å². The zero-order valence-corrected chi connectivity index (χ0v) is 7.78. The highest BCUT2D eigenvalue weighted by molar-refractivity contribution is 6.02. The van der Waals surface area contributed by atoms with Crippen LogP contribution in [0.4, 0.5) is 0 Å². The number of benzene rings is 1. The van der Waals surface area contributed by atoms with E-state index in [1.807, 2.05) is 0 Å². The molecule has 0 unspecified atom stereocenters. The summed E-state index contributed by atoms with van der Waals surface area (Å²) < 4.78 is 0. The number of fused-ring (bicyclic) bond motifs is 1. The van der Waals surface area contributed by atoms with Gasteiger partial charge in [0.2, 0.25) is 0 Å². The second-order valence-electron chi connectivity index (χ2n) is 3.38. The molecule has 0 saturated carbocycles. The third kappa shape index (κ3) is 1.57. The Hall–Kier alpha value is -1.88. The van der Waals surface area contributed by atoms with Crippen LogP contribution in [0.2, 0.25) is 0 Å². The molecular formula is C10H9NO4. The van der Waals surface area contributed by atoms with E-state index >= 15 is 0 Å². The molecule has 0 fully saturated rings. The molecule has 0 amide bonds. The van der Waals surface area contributed by atoms with Crippen molar-refractivity contribution in [2.24, 2.45) is 0 Å². The molecule has 2 rings (SSSR count). The van der Waals surface area contributed by atoms with Gasteiger partial charge >= 0.3 is 11.9 Å². The van der Waals surface area contributed by atoms with Crippen LogP contribution < -0.4 is 5.32 Å². The molecule has 1 aliphatic rings. The highest BCUT2D eigenvalue weighted by Gasteiger charge is 2.21. The Morgan fingerprint density at radius 3 is 1.73 bits per heavy atom. The zero-order valence-electron chi connectivity index (χ0n) is 7.78. The maximum Gasteiger partial charge on any atom is 0.336 e. The van der Waals surface area contributed by atoms with Crippen LogP contribution in [-0.4, -0.2) is 22.2 Å². The number of carboxylic acid groups (broad SMARTS) is 2. The zero-order chi connectivity index (χ0) is 11.0. The summed E-state index contributed by atoms with van der Waals surface area (Å²) in [5.41, 5.74) is 1.42. The number of rotatable bonds is 2. The van der Waals surface area contributed by atoms with E-state index < -0.39 is 11.9 Å². The Morgan fingerprint density at radius 1 is 1.00 bits per heavy atom. The lowest BCUT2D eigenvalue weighted by molar-refractivity contribution is 0.0651. The SMILES string of the molecule is O=C(O)c1cc2c(cc1C(=O)O)CNC2. The van der Waals surface area contributed by atoms with Crippen LogP contribution in [0.3, 0.4) is 0 Å². The van der Waals surface area contributed by atoms with E-state index in [0.29, 0.717) is 13.1 Å². The third-order valence-electron chi connectivity index (χ3n) is 2.43. The molecule has 78 valence electrons. The molecule has 0 aliphatic carbocycles. The van der Waals surface area contributed by atoms with E-state index in [1.54, 1.807) is 0 Å². The molecule has 1 aromatic carbocycles. The molecule has 5 heteroatoms. The molecule has 1 aliphatic heterocycles. The molecule has 0 saturated heterocycles. The number of hydrogen-bond acceptors (Lipinski definition) is 3. The third-order valence-corrected chi connectivity index (χ3v) is 2.43. The van der Waals surface area contributed by atoms with Gasteiger partial charge in [0.1, 0.15) is 0 Å². The van der Waals surface area contributed by atoms with E-state index in [-0.39, 0.29) is 11.1 Å². The van der Waals surface area contributed by atoms with Crippen LogP contribution in [-0.2, 0) is 13.1 Å². The molecule has 0 aromatic heterocycles. The van der Waals surface area contributed by atoms with E-state index in [0.717, 1.165) is 11.1 Å². The fourth-order valence-corrected chi connectivity index (χ4v) is 1.70. The fraction of sp³-hybridized carbons (Fsp3) is 0.200. The molecule has 1 aromatic rings. The first-order valence-corrected chi connectivity index (χ1v) is 4.42. The minimum absolute atomic E-state index is 0.148. The van der Waals surface area contributed by atoms with Crippen molar-refractivity contribution < 1.29 is 19.8 Å². The highest BCUT2D eigenvalue weighted by atomic mass is 16.4. The predicted octanol–water partition coefficient (Wildman–Crippen LogP) is 0.686. The summed E-state index contributed by atoms with van der Waals surface area (Å²) >= 11 is 0. The summed E-state index contributed by atoms with van der Waals surface area (Å²) in [7, 11) is 0. The monoisotopic (exact) mass is 207 g/mol. The smallest absolute Gasteiger partial charge is 0.336 e. The van der Waals surface area contributed by atoms with Gasteiger partial charge in [-0.1, -0.05) is 0 Å². The summed E-state index contributed by atoms with van der Waals surface area (Å²) in [6, 6.07) is 2.86. The van der Waals surface area contributed by atoms with Crippen LogP contribution in [0.25, 0.3) is 0 Å². The first kappa shape index (κ1) is 9.67. The lowest BCUT2D eigenvalue weighted by Gasteiger charge is -2.04.